The lowest BCUT2D eigenvalue weighted by Gasteiger charge is -2.71. The van der Waals surface area contributed by atoms with Gasteiger partial charge in [-0.25, -0.2) is 0 Å². The average Bonchev–Trinajstić information content (AvgIpc) is 2.90. The number of allylic oxidation sites excluding steroid dienone is 2. The lowest BCUT2D eigenvalue weighted by Crippen LogP contribution is -2.65. The molecule has 1 amide bonds. The normalized spacial score (nSPS) is 47.5. The van der Waals surface area contributed by atoms with Crippen LogP contribution in [0.1, 0.15) is 106 Å². The predicted octanol–water partition coefficient (Wildman–Crippen LogP) is 5.66. The first-order chi connectivity index (χ1) is 18.7. The van der Waals surface area contributed by atoms with E-state index in [2.05, 4.69) is 59.9 Å². The highest BCUT2D eigenvalue weighted by molar-refractivity contribution is 5.83. The van der Waals surface area contributed by atoms with Gasteiger partial charge in [-0.1, -0.05) is 60.1 Å². The Morgan fingerprint density at radius 1 is 0.975 bits per heavy atom. The van der Waals surface area contributed by atoms with Gasteiger partial charge >= 0.3 is 5.97 Å². The maximum Gasteiger partial charge on any atom is 0.313 e. The molecular weight excluding hydrogens is 502 g/mol. The lowest BCUT2D eigenvalue weighted by atomic mass is 9.33. The van der Waals surface area contributed by atoms with E-state index in [0.717, 1.165) is 51.4 Å². The third kappa shape index (κ3) is 4.08. The number of ether oxygens (including phenoxy) is 1. The van der Waals surface area contributed by atoms with Crippen LogP contribution in [0.2, 0.25) is 0 Å². The highest BCUT2D eigenvalue weighted by atomic mass is 16.5. The van der Waals surface area contributed by atoms with Crippen molar-refractivity contribution in [2.45, 2.75) is 112 Å². The molecule has 0 bridgehead atoms. The molecule has 6 nitrogen and oxygen atoms in total. The molecule has 6 heteroatoms. The van der Waals surface area contributed by atoms with E-state index in [4.69, 9.17) is 9.84 Å². The van der Waals surface area contributed by atoms with Gasteiger partial charge in [0.2, 0.25) is 0 Å². The first kappa shape index (κ1) is 30.1. The SMILES string of the molecule is C[C@@H]1CC[C@]2(C(=O)OCC(=O)NCCO)CC[C@]3(C)C(=CCC4[C@@]5(C)CCC(O)C(C)(C)C5CC[C@]43C)C2[C@H]1C. The summed E-state index contributed by atoms with van der Waals surface area (Å²) < 4.78 is 5.76. The third-order valence-electron chi connectivity index (χ3n) is 14.1. The summed E-state index contributed by atoms with van der Waals surface area (Å²) in [5.74, 6) is 1.55. The number of aliphatic hydroxyl groups is 2. The van der Waals surface area contributed by atoms with E-state index in [9.17, 15) is 14.7 Å². The summed E-state index contributed by atoms with van der Waals surface area (Å²) >= 11 is 0. The van der Waals surface area contributed by atoms with Crippen LogP contribution in [0.4, 0.5) is 0 Å². The Morgan fingerprint density at radius 3 is 2.40 bits per heavy atom. The van der Waals surface area contributed by atoms with Crippen LogP contribution in [0.5, 0.6) is 0 Å². The molecule has 0 saturated heterocycles. The molecule has 40 heavy (non-hydrogen) atoms. The van der Waals surface area contributed by atoms with Crippen LogP contribution >= 0.6 is 0 Å². The van der Waals surface area contributed by atoms with E-state index in [0.29, 0.717) is 23.7 Å². The molecule has 0 aromatic rings. The maximum atomic E-state index is 14.0. The Kier molecular flexibility index (Phi) is 7.60. The Labute approximate surface area is 242 Å². The number of carbonyl (C=O) groups excluding carboxylic acids is 2. The summed E-state index contributed by atoms with van der Waals surface area (Å²) in [4.78, 5) is 26.2. The van der Waals surface area contributed by atoms with Gasteiger partial charge in [-0.2, -0.15) is 0 Å². The monoisotopic (exact) mass is 557 g/mol. The van der Waals surface area contributed by atoms with Gasteiger partial charge in [0.1, 0.15) is 0 Å². The largest absolute Gasteiger partial charge is 0.455 e. The number of fused-ring (bicyclic) bond motifs is 7. The van der Waals surface area contributed by atoms with Crippen LogP contribution in [0, 0.1) is 56.7 Å². The summed E-state index contributed by atoms with van der Waals surface area (Å²) in [5.41, 5.74) is 1.21. The fourth-order valence-corrected chi connectivity index (χ4v) is 11.4. The number of hydrogen-bond donors (Lipinski definition) is 3. The molecule has 0 heterocycles. The van der Waals surface area contributed by atoms with Gasteiger partial charge in [0.05, 0.1) is 18.1 Å². The van der Waals surface area contributed by atoms with Crippen molar-refractivity contribution in [3.8, 4) is 0 Å². The van der Waals surface area contributed by atoms with Crippen LogP contribution in [-0.2, 0) is 14.3 Å². The average molecular weight is 558 g/mol. The molecule has 0 spiro atoms. The topological polar surface area (TPSA) is 95.9 Å². The van der Waals surface area contributed by atoms with Crippen LogP contribution in [0.15, 0.2) is 11.6 Å². The van der Waals surface area contributed by atoms with Gasteiger partial charge in [-0.15, -0.1) is 0 Å². The van der Waals surface area contributed by atoms with Crippen molar-refractivity contribution in [2.75, 3.05) is 19.8 Å². The minimum Gasteiger partial charge on any atom is -0.455 e. The van der Waals surface area contributed by atoms with Crippen molar-refractivity contribution in [1.82, 2.24) is 5.32 Å². The van der Waals surface area contributed by atoms with E-state index in [1.807, 2.05) is 0 Å². The second-order valence-corrected chi connectivity index (χ2v) is 15.8. The van der Waals surface area contributed by atoms with Gasteiger partial charge in [0.15, 0.2) is 6.61 Å². The maximum absolute atomic E-state index is 14.0. The Hall–Kier alpha value is -1.40. The Morgan fingerprint density at radius 2 is 1.70 bits per heavy atom. The van der Waals surface area contributed by atoms with Crippen molar-refractivity contribution in [3.63, 3.8) is 0 Å². The molecule has 4 unspecified atom stereocenters. The molecule has 4 saturated carbocycles. The first-order valence-electron chi connectivity index (χ1n) is 16.1. The predicted molar refractivity (Wildman–Crippen MR) is 156 cm³/mol. The van der Waals surface area contributed by atoms with E-state index in [1.54, 1.807) is 0 Å². The van der Waals surface area contributed by atoms with Gasteiger partial charge in [0, 0.05) is 6.54 Å². The van der Waals surface area contributed by atoms with Gasteiger partial charge in [-0.05, 0) is 109 Å². The molecular formula is C34H55NO5. The number of nitrogens with one attached hydrogen (secondary N) is 1. The number of rotatable bonds is 5. The zero-order valence-electron chi connectivity index (χ0n) is 26.1. The first-order valence-corrected chi connectivity index (χ1v) is 16.1. The van der Waals surface area contributed by atoms with Crippen LogP contribution in [-0.4, -0.2) is 48.0 Å². The second-order valence-electron chi connectivity index (χ2n) is 15.8. The standard InChI is InChI=1S/C34H55NO5/c1-21-10-15-34(29(39)40-20-27(38)35-18-19-36)17-16-32(6)23(28(34)22(21)2)8-9-25-31(5)13-12-26(37)30(3,4)24(31)11-14-33(25,32)7/h8,21-22,24-26,28,36-37H,9-20H2,1-7H3,(H,35,38)/t21-,22+,24?,25?,26?,28?,31+,32-,33-,34+/m1/s1. The quantitative estimate of drug-likeness (QED) is 0.300. The molecule has 5 aliphatic carbocycles. The van der Waals surface area contributed by atoms with Crippen molar-refractivity contribution in [1.29, 1.82) is 0 Å². The Bertz CT molecular complexity index is 1050. The summed E-state index contributed by atoms with van der Waals surface area (Å²) in [6.07, 6.45) is 11.3. The summed E-state index contributed by atoms with van der Waals surface area (Å²) in [7, 11) is 0. The van der Waals surface area contributed by atoms with E-state index in [-0.39, 0.29) is 65.3 Å². The van der Waals surface area contributed by atoms with Crippen LogP contribution < -0.4 is 5.32 Å². The summed E-state index contributed by atoms with van der Waals surface area (Å²) in [6, 6.07) is 0. The molecule has 0 aliphatic heterocycles. The van der Waals surface area contributed by atoms with E-state index >= 15 is 0 Å². The van der Waals surface area contributed by atoms with Crippen molar-refractivity contribution in [2.24, 2.45) is 56.7 Å². The van der Waals surface area contributed by atoms with Gasteiger partial charge < -0.3 is 20.3 Å². The molecule has 0 aromatic heterocycles. The van der Waals surface area contributed by atoms with E-state index < -0.39 is 5.41 Å². The third-order valence-corrected chi connectivity index (χ3v) is 14.1. The molecule has 4 fully saturated rings. The molecule has 10 atom stereocenters. The summed E-state index contributed by atoms with van der Waals surface area (Å²) in [5, 5.41) is 22.6. The lowest BCUT2D eigenvalue weighted by molar-refractivity contribution is -0.207. The zero-order valence-corrected chi connectivity index (χ0v) is 26.1. The summed E-state index contributed by atoms with van der Waals surface area (Å²) in [6.45, 7) is 16.6. The van der Waals surface area contributed by atoms with Gasteiger partial charge in [0.25, 0.3) is 5.91 Å². The highest BCUT2D eigenvalue weighted by Gasteiger charge is 2.69. The number of carbonyl (C=O) groups is 2. The zero-order chi connectivity index (χ0) is 29.3. The fourth-order valence-electron chi connectivity index (χ4n) is 11.4. The van der Waals surface area contributed by atoms with Crippen molar-refractivity contribution < 1.29 is 24.5 Å². The molecule has 5 rings (SSSR count). The molecule has 5 aliphatic rings. The van der Waals surface area contributed by atoms with Crippen LogP contribution in [0.25, 0.3) is 0 Å². The number of hydrogen-bond acceptors (Lipinski definition) is 5. The highest BCUT2D eigenvalue weighted by Crippen LogP contribution is 2.75. The van der Waals surface area contributed by atoms with Gasteiger partial charge in [-0.3, -0.25) is 9.59 Å². The van der Waals surface area contributed by atoms with E-state index in [1.165, 1.54) is 12.0 Å². The van der Waals surface area contributed by atoms with Crippen molar-refractivity contribution in [3.05, 3.63) is 11.6 Å². The molecule has 226 valence electrons. The molecule has 0 radical (unpaired) electrons. The second kappa shape index (κ2) is 10.1. The number of esters is 1. The van der Waals surface area contributed by atoms with Crippen molar-refractivity contribution >= 4 is 11.9 Å². The minimum absolute atomic E-state index is 0.0162. The molecule has 0 aromatic carbocycles. The number of amides is 1. The fraction of sp³-hybridized carbons (Fsp3) is 0.882. The molecule has 3 N–H and O–H groups in total. The number of aliphatic hydroxyl groups excluding tert-OH is 2. The smallest absolute Gasteiger partial charge is 0.313 e. The Balaban J connectivity index is 1.50. The van der Waals surface area contributed by atoms with Crippen LogP contribution in [0.3, 0.4) is 0 Å². The minimum atomic E-state index is -0.574.